The number of aryl methyl sites for hydroxylation is 1. The van der Waals surface area contributed by atoms with E-state index in [-0.39, 0.29) is 12.3 Å². The van der Waals surface area contributed by atoms with E-state index in [4.69, 9.17) is 6.57 Å². The molecule has 0 radical (unpaired) electrons. The fraction of sp³-hybridized carbons (Fsp3) is 0.548. The second kappa shape index (κ2) is 13.0. The Bertz CT molecular complexity index is 1440. The molecule has 13 heteroatoms. The molecule has 0 spiro atoms. The van der Waals surface area contributed by atoms with Crippen LogP contribution in [-0.4, -0.2) is 81.6 Å². The Morgan fingerprint density at radius 2 is 1.86 bits per heavy atom. The second-order valence-electron chi connectivity index (χ2n) is 12.5. The van der Waals surface area contributed by atoms with Crippen LogP contribution in [-0.2, 0) is 19.2 Å². The molecule has 2 aliphatic rings. The maximum atomic E-state index is 15.5. The van der Waals surface area contributed by atoms with Crippen molar-refractivity contribution in [2.45, 2.75) is 89.8 Å². The number of nitrogens with zero attached hydrogens (tertiary/aromatic N) is 3. The first-order valence-electron chi connectivity index (χ1n) is 14.6. The van der Waals surface area contributed by atoms with Crippen LogP contribution in [0.5, 0.6) is 0 Å². The zero-order chi connectivity index (χ0) is 32.4. The molecule has 0 bridgehead atoms. The van der Waals surface area contributed by atoms with Crippen molar-refractivity contribution in [2.24, 2.45) is 5.41 Å². The summed E-state index contributed by atoms with van der Waals surface area (Å²) in [6.45, 7) is 16.1. The third kappa shape index (κ3) is 6.92. The van der Waals surface area contributed by atoms with E-state index in [1.165, 1.54) is 11.3 Å². The predicted molar refractivity (Wildman–Crippen MR) is 163 cm³/mol. The van der Waals surface area contributed by atoms with Gasteiger partial charge in [-0.05, 0) is 30.4 Å². The van der Waals surface area contributed by atoms with Gasteiger partial charge < -0.3 is 26.0 Å². The standard InChI is InChI=1S/C31H39FN6O5S/c1-7-34-22(40)14-20(18-8-10-19(11-9-18)25-17(2)35-16-44-25)36-27(41)24-23(32)21(39)15-38(24)28(42)26(30(3,4)5)37-29(43)31(33-6)12-13-31/h8-11,16,20-21,23-24,26,39H,7,12-15H2,1-5H3,(H,34,40)(H,36,41)(H,37,43)/t20-,21-,23-,24-,26+/m0/s1. The molecule has 1 aliphatic carbocycles. The minimum atomic E-state index is -2.10. The van der Waals surface area contributed by atoms with Gasteiger partial charge in [-0.1, -0.05) is 45.0 Å². The van der Waals surface area contributed by atoms with Crippen LogP contribution in [0.15, 0.2) is 29.8 Å². The minimum absolute atomic E-state index is 0.141. The number of carbonyl (C=O) groups excluding carboxylic acids is 4. The number of alkyl halides is 1. The minimum Gasteiger partial charge on any atom is -0.388 e. The Morgan fingerprint density at radius 1 is 1.20 bits per heavy atom. The number of hydrogen-bond acceptors (Lipinski definition) is 7. The summed E-state index contributed by atoms with van der Waals surface area (Å²) < 4.78 is 15.5. The average Bonchev–Trinajstić information content (AvgIpc) is 3.57. The van der Waals surface area contributed by atoms with Crippen molar-refractivity contribution in [3.05, 3.63) is 52.5 Å². The molecular formula is C31H39FN6O5S. The lowest BCUT2D eigenvalue weighted by molar-refractivity contribution is -0.145. The van der Waals surface area contributed by atoms with Gasteiger partial charge in [-0.2, -0.15) is 0 Å². The van der Waals surface area contributed by atoms with E-state index in [9.17, 15) is 24.3 Å². The highest BCUT2D eigenvalue weighted by atomic mass is 32.1. The maximum Gasteiger partial charge on any atom is 0.309 e. The summed E-state index contributed by atoms with van der Waals surface area (Å²) in [5, 5.41) is 18.6. The fourth-order valence-electron chi connectivity index (χ4n) is 5.31. The third-order valence-electron chi connectivity index (χ3n) is 8.09. The smallest absolute Gasteiger partial charge is 0.309 e. The van der Waals surface area contributed by atoms with Crippen LogP contribution in [0.1, 0.15) is 64.3 Å². The molecule has 1 aromatic heterocycles. The first kappa shape index (κ1) is 33.0. The molecule has 2 fully saturated rings. The number of amides is 4. The highest BCUT2D eigenvalue weighted by Gasteiger charge is 2.60. The average molecular weight is 627 g/mol. The number of benzene rings is 1. The summed E-state index contributed by atoms with van der Waals surface area (Å²) in [5.41, 5.74) is 2.06. The number of nitrogens with one attached hydrogen (secondary N) is 3. The zero-order valence-corrected chi connectivity index (χ0v) is 26.3. The Kier molecular flexibility index (Phi) is 9.75. The van der Waals surface area contributed by atoms with Gasteiger partial charge in [0.25, 0.3) is 0 Å². The molecule has 0 unspecified atom stereocenters. The summed E-state index contributed by atoms with van der Waals surface area (Å²) in [6, 6.07) is 3.50. The van der Waals surface area contributed by atoms with E-state index >= 15 is 4.39 Å². The highest BCUT2D eigenvalue weighted by Crippen LogP contribution is 2.40. The molecule has 5 atom stereocenters. The quantitative estimate of drug-likeness (QED) is 0.299. The van der Waals surface area contributed by atoms with Crippen LogP contribution in [0.25, 0.3) is 15.3 Å². The number of rotatable bonds is 10. The first-order valence-corrected chi connectivity index (χ1v) is 15.5. The lowest BCUT2D eigenvalue weighted by Gasteiger charge is -2.35. The summed E-state index contributed by atoms with van der Waals surface area (Å²) in [4.78, 5) is 62.8. The Morgan fingerprint density at radius 3 is 2.39 bits per heavy atom. The van der Waals surface area contributed by atoms with Crippen molar-refractivity contribution in [3.8, 4) is 10.4 Å². The van der Waals surface area contributed by atoms with Crippen molar-refractivity contribution in [2.75, 3.05) is 13.1 Å². The molecule has 1 aromatic carbocycles. The number of thiazole rings is 1. The molecule has 4 N–H and O–H groups in total. The molecule has 4 rings (SSSR count). The Labute approximate surface area is 260 Å². The molecule has 1 saturated carbocycles. The number of hydrogen-bond donors (Lipinski definition) is 4. The van der Waals surface area contributed by atoms with Crippen LogP contribution >= 0.6 is 11.3 Å². The summed E-state index contributed by atoms with van der Waals surface area (Å²) in [7, 11) is 0. The lowest BCUT2D eigenvalue weighted by atomic mass is 9.85. The molecule has 2 aromatic rings. The van der Waals surface area contributed by atoms with Crippen molar-refractivity contribution in [1.82, 2.24) is 25.8 Å². The van der Waals surface area contributed by atoms with E-state index in [0.717, 1.165) is 21.0 Å². The second-order valence-corrected chi connectivity index (χ2v) is 13.3. The number of halogens is 1. The van der Waals surface area contributed by atoms with Crippen LogP contribution in [0.2, 0.25) is 0 Å². The normalized spacial score (nSPS) is 22.0. The van der Waals surface area contributed by atoms with Gasteiger partial charge in [0.05, 0.1) is 35.1 Å². The molecule has 236 valence electrons. The van der Waals surface area contributed by atoms with E-state index in [1.807, 2.05) is 19.1 Å². The van der Waals surface area contributed by atoms with Gasteiger partial charge in [0.1, 0.15) is 18.2 Å². The van der Waals surface area contributed by atoms with Crippen molar-refractivity contribution in [1.29, 1.82) is 0 Å². The predicted octanol–water partition coefficient (Wildman–Crippen LogP) is 2.69. The number of likely N-dealkylation sites (tertiary alicyclic amines) is 1. The van der Waals surface area contributed by atoms with E-state index in [0.29, 0.717) is 24.9 Å². The van der Waals surface area contributed by atoms with E-state index < -0.39 is 65.6 Å². The number of β-amino-alcohol motifs (C(OH)–C–C–N with tert-alkyl or cyclic N) is 1. The van der Waals surface area contributed by atoms with Crippen molar-refractivity contribution >= 4 is 35.0 Å². The molecule has 1 saturated heterocycles. The maximum absolute atomic E-state index is 15.5. The van der Waals surface area contributed by atoms with Crippen LogP contribution < -0.4 is 16.0 Å². The molecule has 44 heavy (non-hydrogen) atoms. The zero-order valence-electron chi connectivity index (χ0n) is 25.5. The first-order chi connectivity index (χ1) is 20.7. The van der Waals surface area contributed by atoms with E-state index in [1.54, 1.807) is 45.3 Å². The Hall–Kier alpha value is -3.89. The molecular weight excluding hydrogens is 587 g/mol. The van der Waals surface area contributed by atoms with Crippen molar-refractivity contribution in [3.63, 3.8) is 0 Å². The van der Waals surface area contributed by atoms with Crippen LogP contribution in [0.4, 0.5) is 4.39 Å². The van der Waals surface area contributed by atoms with Crippen LogP contribution in [0.3, 0.4) is 0 Å². The van der Waals surface area contributed by atoms with Crippen LogP contribution in [0, 0.1) is 18.9 Å². The van der Waals surface area contributed by atoms with Gasteiger partial charge in [-0.25, -0.2) is 15.9 Å². The number of aromatic nitrogens is 1. The Balaban J connectivity index is 1.59. The van der Waals surface area contributed by atoms with Crippen molar-refractivity contribution < 1.29 is 28.7 Å². The fourth-order valence-corrected chi connectivity index (χ4v) is 6.12. The summed E-state index contributed by atoms with van der Waals surface area (Å²) in [5.74, 6) is -2.54. The summed E-state index contributed by atoms with van der Waals surface area (Å²) >= 11 is 1.49. The number of aliphatic hydroxyl groups excluding tert-OH is 1. The van der Waals surface area contributed by atoms with Gasteiger partial charge in [0, 0.05) is 19.4 Å². The molecule has 2 heterocycles. The topological polar surface area (TPSA) is 145 Å². The summed E-state index contributed by atoms with van der Waals surface area (Å²) in [6.07, 6.45) is -3.11. The van der Waals surface area contributed by atoms with Gasteiger partial charge in [-0.15, -0.1) is 11.3 Å². The molecule has 4 amide bonds. The SMILES string of the molecule is [C-]#[N+]C1(C(=O)N[C@H](C(=O)N2C[C@H](O)[C@H](F)[C@H]2C(=O)N[C@@H](CC(=O)NCC)c2ccc(-c3scnc3C)cc2)C(C)(C)C)CC1. The number of carbonyl (C=O) groups is 4. The van der Waals surface area contributed by atoms with Gasteiger partial charge in [-0.3, -0.25) is 24.0 Å². The number of aliphatic hydroxyl groups is 1. The molecule has 1 aliphatic heterocycles. The lowest BCUT2D eigenvalue weighted by Crippen LogP contribution is -2.60. The van der Waals surface area contributed by atoms with Gasteiger partial charge >= 0.3 is 11.4 Å². The molecule has 11 nitrogen and oxygen atoms in total. The van der Waals surface area contributed by atoms with E-state index in [2.05, 4.69) is 25.8 Å². The third-order valence-corrected chi connectivity index (χ3v) is 9.07. The van der Waals surface area contributed by atoms with Gasteiger partial charge in [0.2, 0.25) is 17.7 Å². The monoisotopic (exact) mass is 626 g/mol. The largest absolute Gasteiger partial charge is 0.388 e. The highest BCUT2D eigenvalue weighted by molar-refractivity contribution is 7.13. The van der Waals surface area contributed by atoms with Gasteiger partial charge in [0.15, 0.2) is 6.17 Å².